The molecule has 1 fully saturated rings. The molecule has 1 aliphatic rings. The van der Waals surface area contributed by atoms with Gasteiger partial charge in [-0.1, -0.05) is 0 Å². The average molecular weight is 415 g/mol. The highest BCUT2D eigenvalue weighted by Crippen LogP contribution is 2.22. The van der Waals surface area contributed by atoms with Gasteiger partial charge in [-0.15, -0.1) is 0 Å². The molecule has 1 aromatic heterocycles. The average Bonchev–Trinajstić information content (AvgIpc) is 3.37. The maximum absolute atomic E-state index is 13.1. The van der Waals surface area contributed by atoms with E-state index in [1.807, 2.05) is 0 Å². The summed E-state index contributed by atoms with van der Waals surface area (Å²) >= 11 is 0. The summed E-state index contributed by atoms with van der Waals surface area (Å²) in [7, 11) is -3.52. The molecule has 4 rings (SSSR count). The van der Waals surface area contributed by atoms with E-state index in [2.05, 4.69) is 20.6 Å². The van der Waals surface area contributed by atoms with E-state index in [-0.39, 0.29) is 22.4 Å². The van der Waals surface area contributed by atoms with Gasteiger partial charge in [-0.05, 0) is 61.4 Å². The van der Waals surface area contributed by atoms with Crippen molar-refractivity contribution in [2.24, 2.45) is 0 Å². The third kappa shape index (κ3) is 4.44. The van der Waals surface area contributed by atoms with E-state index >= 15 is 0 Å². The lowest BCUT2D eigenvalue weighted by molar-refractivity contribution is 0.0956. The quantitative estimate of drug-likeness (QED) is 0.513. The number of hydrogen-bond donors (Lipinski definition) is 3. The molecule has 0 unspecified atom stereocenters. The maximum Gasteiger partial charge on any atom is 0.288 e. The molecule has 0 atom stereocenters. The lowest BCUT2D eigenvalue weighted by Gasteiger charge is -2.11. The molecule has 0 radical (unpaired) electrons. The monoisotopic (exact) mass is 415 g/mol. The molecule has 29 heavy (non-hydrogen) atoms. The molecule has 0 bridgehead atoms. The van der Waals surface area contributed by atoms with Crippen molar-refractivity contribution >= 4 is 21.6 Å². The van der Waals surface area contributed by atoms with Crippen LogP contribution in [0.3, 0.4) is 0 Å². The maximum atomic E-state index is 13.1. The highest BCUT2D eigenvalue weighted by Gasteiger charge is 2.27. The fraction of sp³-hybridized carbons (Fsp3) is 0.158. The van der Waals surface area contributed by atoms with E-state index in [1.54, 1.807) is 12.1 Å². The van der Waals surface area contributed by atoms with Crippen LogP contribution in [0.4, 0.5) is 10.1 Å². The van der Waals surface area contributed by atoms with Crippen molar-refractivity contribution in [2.45, 2.75) is 23.8 Å². The van der Waals surface area contributed by atoms with E-state index in [4.69, 9.17) is 0 Å². The Morgan fingerprint density at radius 1 is 1.07 bits per heavy atom. The van der Waals surface area contributed by atoms with Crippen molar-refractivity contribution in [1.82, 2.24) is 19.7 Å². The minimum absolute atomic E-state index is 0.0306. The minimum atomic E-state index is -3.52. The number of nitrogens with one attached hydrogen (secondary N) is 3. The molecule has 3 N–H and O–H groups in total. The van der Waals surface area contributed by atoms with Crippen molar-refractivity contribution in [3.63, 3.8) is 0 Å². The second-order valence-electron chi connectivity index (χ2n) is 6.62. The van der Waals surface area contributed by atoms with Crippen molar-refractivity contribution in [3.05, 3.63) is 72.6 Å². The van der Waals surface area contributed by atoms with Crippen LogP contribution in [0.15, 0.2) is 66.0 Å². The molecule has 8 nitrogen and oxygen atoms in total. The fourth-order valence-electron chi connectivity index (χ4n) is 2.67. The number of rotatable bonds is 7. The second kappa shape index (κ2) is 7.64. The Bertz CT molecular complexity index is 1120. The van der Waals surface area contributed by atoms with Crippen LogP contribution in [0.1, 0.15) is 23.3 Å². The van der Waals surface area contributed by atoms with Crippen molar-refractivity contribution in [2.75, 3.05) is 5.43 Å². The second-order valence-corrected chi connectivity index (χ2v) is 8.34. The summed E-state index contributed by atoms with van der Waals surface area (Å²) in [5, 5.41) is 0. The summed E-state index contributed by atoms with van der Waals surface area (Å²) in [6, 6.07) is 11.7. The third-order valence-corrected chi connectivity index (χ3v) is 5.90. The fourth-order valence-corrected chi connectivity index (χ4v) is 3.97. The van der Waals surface area contributed by atoms with Gasteiger partial charge in [-0.2, -0.15) is 0 Å². The number of halogens is 1. The first-order chi connectivity index (χ1) is 13.9. The van der Waals surface area contributed by atoms with Crippen LogP contribution < -0.4 is 15.6 Å². The smallest absolute Gasteiger partial charge is 0.288 e. The van der Waals surface area contributed by atoms with Gasteiger partial charge >= 0.3 is 0 Å². The molecule has 10 heteroatoms. The summed E-state index contributed by atoms with van der Waals surface area (Å²) in [5.74, 6) is -0.835. The van der Waals surface area contributed by atoms with Gasteiger partial charge in [0.25, 0.3) is 5.91 Å². The van der Waals surface area contributed by atoms with Gasteiger partial charge in [0.05, 0.1) is 23.1 Å². The zero-order valence-corrected chi connectivity index (χ0v) is 16.0. The van der Waals surface area contributed by atoms with E-state index in [1.165, 1.54) is 53.5 Å². The van der Waals surface area contributed by atoms with Gasteiger partial charge < -0.3 is 0 Å². The molecular weight excluding hydrogens is 397 g/mol. The van der Waals surface area contributed by atoms with E-state index in [9.17, 15) is 17.6 Å². The standard InChI is InChI=1S/C19H18FN5O3S/c20-13-1-7-16(8-2-13)25-12-21-11-18(25)19(26)23-22-14-5-9-17(10-6-14)29(27,28)24-15-3-4-15/h1-2,5-12,15,22,24H,3-4H2,(H,23,26). The predicted molar refractivity (Wildman–Crippen MR) is 104 cm³/mol. The van der Waals surface area contributed by atoms with Crippen LogP contribution in [0.25, 0.3) is 5.69 Å². The topological polar surface area (TPSA) is 105 Å². The normalized spacial score (nSPS) is 13.8. The molecule has 1 aliphatic carbocycles. The molecule has 1 amide bonds. The third-order valence-electron chi connectivity index (χ3n) is 4.36. The van der Waals surface area contributed by atoms with Crippen LogP contribution in [0.2, 0.25) is 0 Å². The Hall–Kier alpha value is -3.24. The number of nitrogens with zero attached hydrogens (tertiary/aromatic N) is 2. The summed E-state index contributed by atoms with van der Waals surface area (Å²) in [5.41, 5.74) is 6.62. The zero-order valence-electron chi connectivity index (χ0n) is 15.2. The van der Waals surface area contributed by atoms with Gasteiger partial charge in [0.1, 0.15) is 11.5 Å². The van der Waals surface area contributed by atoms with Crippen LogP contribution >= 0.6 is 0 Å². The van der Waals surface area contributed by atoms with Crippen LogP contribution in [0, 0.1) is 5.82 Å². The summed E-state index contributed by atoms with van der Waals surface area (Å²) in [4.78, 5) is 16.6. The number of carbonyl (C=O) groups is 1. The Labute approximate surface area is 166 Å². The van der Waals surface area contributed by atoms with E-state index < -0.39 is 15.9 Å². The number of carbonyl (C=O) groups excluding carboxylic acids is 1. The molecule has 0 spiro atoms. The van der Waals surface area contributed by atoms with Crippen molar-refractivity contribution in [1.29, 1.82) is 0 Å². The predicted octanol–water partition coefficient (Wildman–Crippen LogP) is 2.21. The number of amides is 1. The number of aromatic nitrogens is 2. The highest BCUT2D eigenvalue weighted by molar-refractivity contribution is 7.89. The van der Waals surface area contributed by atoms with E-state index in [0.29, 0.717) is 11.4 Å². The lowest BCUT2D eigenvalue weighted by Crippen LogP contribution is -2.31. The minimum Gasteiger partial charge on any atom is -0.298 e. The van der Waals surface area contributed by atoms with Crippen molar-refractivity contribution in [3.8, 4) is 5.69 Å². The van der Waals surface area contributed by atoms with Gasteiger partial charge in [0.15, 0.2) is 0 Å². The lowest BCUT2D eigenvalue weighted by atomic mass is 10.3. The molecular formula is C19H18FN5O3S. The first kappa shape index (κ1) is 19.1. The highest BCUT2D eigenvalue weighted by atomic mass is 32.2. The summed E-state index contributed by atoms with van der Waals surface area (Å²) in [6.07, 6.45) is 4.56. The van der Waals surface area contributed by atoms with Gasteiger partial charge in [-0.25, -0.2) is 22.5 Å². The number of hydrazine groups is 1. The van der Waals surface area contributed by atoms with Crippen LogP contribution in [-0.2, 0) is 10.0 Å². The molecule has 1 heterocycles. The van der Waals surface area contributed by atoms with Crippen LogP contribution in [-0.4, -0.2) is 29.9 Å². The Balaban J connectivity index is 1.41. The number of anilines is 1. The SMILES string of the molecule is O=C(NNc1ccc(S(=O)(=O)NC2CC2)cc1)c1cncn1-c1ccc(F)cc1. The Morgan fingerprint density at radius 3 is 2.41 bits per heavy atom. The summed E-state index contributed by atoms with van der Waals surface area (Å²) in [6.45, 7) is 0. The van der Waals surface area contributed by atoms with E-state index in [0.717, 1.165) is 12.8 Å². The summed E-state index contributed by atoms with van der Waals surface area (Å²) < 4.78 is 41.6. The van der Waals surface area contributed by atoms with Gasteiger partial charge in [-0.3, -0.25) is 20.2 Å². The molecule has 0 aliphatic heterocycles. The number of benzene rings is 2. The largest absolute Gasteiger partial charge is 0.298 e. The first-order valence-electron chi connectivity index (χ1n) is 8.89. The number of imidazole rings is 1. The van der Waals surface area contributed by atoms with Gasteiger partial charge in [0.2, 0.25) is 10.0 Å². The molecule has 1 saturated carbocycles. The van der Waals surface area contributed by atoms with Crippen molar-refractivity contribution < 1.29 is 17.6 Å². The number of hydrogen-bond acceptors (Lipinski definition) is 5. The molecule has 3 aromatic rings. The molecule has 150 valence electrons. The first-order valence-corrected chi connectivity index (χ1v) is 10.4. The number of sulfonamides is 1. The zero-order chi connectivity index (χ0) is 20.4. The van der Waals surface area contributed by atoms with Gasteiger partial charge in [0, 0.05) is 11.7 Å². The molecule has 2 aromatic carbocycles. The van der Waals surface area contributed by atoms with Crippen LogP contribution in [0.5, 0.6) is 0 Å². The Kier molecular flexibility index (Phi) is 5.03. The molecule has 0 saturated heterocycles. The Morgan fingerprint density at radius 2 is 1.76 bits per heavy atom.